The van der Waals surface area contributed by atoms with Gasteiger partial charge in [-0.3, -0.25) is 9.78 Å². The maximum Gasteiger partial charge on any atom is 0.220 e. The zero-order valence-corrected chi connectivity index (χ0v) is 9.57. The summed E-state index contributed by atoms with van der Waals surface area (Å²) in [7, 11) is 0. The number of hydrogen-bond donors (Lipinski definition) is 0. The molecule has 0 radical (unpaired) electrons. The molecule has 0 N–H and O–H groups in total. The number of nitrogens with zero attached hydrogens (tertiary/aromatic N) is 2. The lowest BCUT2D eigenvalue weighted by Crippen LogP contribution is -2.43. The second-order valence-electron chi connectivity index (χ2n) is 3.47. The minimum Gasteiger partial charge on any atom is -0.378 e. The molecule has 1 fully saturated rings. The zero-order chi connectivity index (χ0) is 11.4. The number of morpholine rings is 1. The fourth-order valence-corrected chi connectivity index (χ4v) is 1.84. The highest BCUT2D eigenvalue weighted by molar-refractivity contribution is 7.82. The number of Topliss-reactive ketones (excluding diaryl/α,β-unsaturated/α-hetero) is 1. The van der Waals surface area contributed by atoms with Gasteiger partial charge in [-0.15, -0.1) is 0 Å². The van der Waals surface area contributed by atoms with Gasteiger partial charge in [-0.2, -0.15) is 0 Å². The van der Waals surface area contributed by atoms with E-state index < -0.39 is 0 Å². The second kappa shape index (κ2) is 5.14. The van der Waals surface area contributed by atoms with E-state index in [1.54, 1.807) is 24.5 Å². The molecule has 0 aliphatic carbocycles. The first-order valence-corrected chi connectivity index (χ1v) is 5.51. The van der Waals surface area contributed by atoms with E-state index in [0.29, 0.717) is 36.9 Å². The first kappa shape index (κ1) is 11.2. The van der Waals surface area contributed by atoms with E-state index in [2.05, 4.69) is 4.98 Å². The largest absolute Gasteiger partial charge is 0.378 e. The molecule has 84 valence electrons. The summed E-state index contributed by atoms with van der Waals surface area (Å²) in [5, 5.41) is 0. The van der Waals surface area contributed by atoms with Crippen molar-refractivity contribution in [3.8, 4) is 0 Å². The number of carbonyl (C=O) groups excluding carboxylic acids is 1. The SMILES string of the molecule is O=C(C(=S)N1CCOCC1)c1ccncc1. The van der Waals surface area contributed by atoms with Crippen LogP contribution in [0, 0.1) is 0 Å². The minimum absolute atomic E-state index is 0.112. The number of pyridine rings is 1. The lowest BCUT2D eigenvalue weighted by atomic mass is 10.1. The summed E-state index contributed by atoms with van der Waals surface area (Å²) in [6, 6.07) is 3.35. The lowest BCUT2D eigenvalue weighted by Gasteiger charge is -2.28. The molecule has 0 amide bonds. The highest BCUT2D eigenvalue weighted by atomic mass is 32.1. The van der Waals surface area contributed by atoms with Crippen molar-refractivity contribution in [1.29, 1.82) is 0 Å². The second-order valence-corrected chi connectivity index (χ2v) is 3.86. The molecule has 0 atom stereocenters. The van der Waals surface area contributed by atoms with Gasteiger partial charge < -0.3 is 9.64 Å². The highest BCUT2D eigenvalue weighted by Crippen LogP contribution is 2.06. The predicted molar refractivity (Wildman–Crippen MR) is 63.6 cm³/mol. The van der Waals surface area contributed by atoms with Gasteiger partial charge in [-0.05, 0) is 12.1 Å². The molecule has 5 heteroatoms. The normalized spacial score (nSPS) is 15.9. The quantitative estimate of drug-likeness (QED) is 0.564. The van der Waals surface area contributed by atoms with Crippen LogP contribution in [0.1, 0.15) is 10.4 Å². The molecule has 0 spiro atoms. The van der Waals surface area contributed by atoms with Gasteiger partial charge in [0.25, 0.3) is 0 Å². The summed E-state index contributed by atoms with van der Waals surface area (Å²) in [5.41, 5.74) is 0.589. The van der Waals surface area contributed by atoms with Crippen LogP contribution in [0.25, 0.3) is 0 Å². The maximum atomic E-state index is 12.0. The fraction of sp³-hybridized carbons (Fsp3) is 0.364. The summed E-state index contributed by atoms with van der Waals surface area (Å²) >= 11 is 5.18. The van der Waals surface area contributed by atoms with Gasteiger partial charge in [-0.1, -0.05) is 12.2 Å². The Balaban J connectivity index is 2.07. The van der Waals surface area contributed by atoms with Crippen molar-refractivity contribution in [1.82, 2.24) is 9.88 Å². The third-order valence-electron chi connectivity index (χ3n) is 2.44. The molecule has 2 heterocycles. The van der Waals surface area contributed by atoms with Crippen molar-refractivity contribution in [3.05, 3.63) is 30.1 Å². The average Bonchev–Trinajstić information content (AvgIpc) is 2.39. The maximum absolute atomic E-state index is 12.0. The number of ketones is 1. The molecule has 1 aromatic heterocycles. The fourth-order valence-electron chi connectivity index (χ4n) is 1.54. The first-order chi connectivity index (χ1) is 7.79. The van der Waals surface area contributed by atoms with Crippen LogP contribution >= 0.6 is 12.2 Å². The Labute approximate surface area is 99.2 Å². The Morgan fingerprint density at radius 2 is 1.94 bits per heavy atom. The first-order valence-electron chi connectivity index (χ1n) is 5.10. The lowest BCUT2D eigenvalue weighted by molar-refractivity contribution is 0.0670. The molecule has 16 heavy (non-hydrogen) atoms. The van der Waals surface area contributed by atoms with Gasteiger partial charge in [0, 0.05) is 31.0 Å². The molecule has 0 aromatic carbocycles. The van der Waals surface area contributed by atoms with E-state index in [-0.39, 0.29) is 5.78 Å². The number of thiocarbonyl (C=S) groups is 1. The summed E-state index contributed by atoms with van der Waals surface area (Å²) in [6.07, 6.45) is 3.18. The third kappa shape index (κ3) is 2.43. The zero-order valence-electron chi connectivity index (χ0n) is 8.76. The molecule has 2 rings (SSSR count). The number of carbonyl (C=O) groups is 1. The van der Waals surface area contributed by atoms with Crippen LogP contribution in [0.15, 0.2) is 24.5 Å². The van der Waals surface area contributed by atoms with Crippen LogP contribution < -0.4 is 0 Å². The van der Waals surface area contributed by atoms with Crippen LogP contribution in [0.5, 0.6) is 0 Å². The van der Waals surface area contributed by atoms with Crippen LogP contribution in [-0.2, 0) is 4.74 Å². The van der Waals surface area contributed by atoms with Crippen molar-refractivity contribution < 1.29 is 9.53 Å². The molecule has 0 saturated carbocycles. The van der Waals surface area contributed by atoms with Crippen molar-refractivity contribution in [2.45, 2.75) is 0 Å². The molecular weight excluding hydrogens is 224 g/mol. The standard InChI is InChI=1S/C11H12N2O2S/c14-10(9-1-3-12-4-2-9)11(16)13-5-7-15-8-6-13/h1-4H,5-8H2. The van der Waals surface area contributed by atoms with Crippen molar-refractivity contribution >= 4 is 23.0 Å². The van der Waals surface area contributed by atoms with Gasteiger partial charge in [0.1, 0.15) is 0 Å². The van der Waals surface area contributed by atoms with Crippen molar-refractivity contribution in [3.63, 3.8) is 0 Å². The molecule has 4 nitrogen and oxygen atoms in total. The van der Waals surface area contributed by atoms with Gasteiger partial charge >= 0.3 is 0 Å². The Kier molecular flexibility index (Phi) is 3.58. The molecule has 0 bridgehead atoms. The van der Waals surface area contributed by atoms with E-state index in [9.17, 15) is 4.79 Å². The van der Waals surface area contributed by atoms with Gasteiger partial charge in [-0.25, -0.2) is 0 Å². The number of ether oxygens (including phenoxy) is 1. The molecule has 1 aliphatic rings. The van der Waals surface area contributed by atoms with E-state index in [0.717, 1.165) is 0 Å². The topological polar surface area (TPSA) is 42.4 Å². The van der Waals surface area contributed by atoms with E-state index in [1.807, 2.05) is 4.90 Å². The smallest absolute Gasteiger partial charge is 0.220 e. The molecule has 1 saturated heterocycles. The van der Waals surface area contributed by atoms with E-state index in [4.69, 9.17) is 17.0 Å². The van der Waals surface area contributed by atoms with Gasteiger partial charge in [0.05, 0.1) is 13.2 Å². The Hall–Kier alpha value is -1.33. The molecular formula is C11H12N2O2S. The highest BCUT2D eigenvalue weighted by Gasteiger charge is 2.20. The molecule has 0 unspecified atom stereocenters. The number of rotatable bonds is 2. The summed E-state index contributed by atoms with van der Waals surface area (Å²) in [6.45, 7) is 2.64. The number of hydrogen-bond acceptors (Lipinski definition) is 4. The van der Waals surface area contributed by atoms with Crippen molar-refractivity contribution in [2.24, 2.45) is 0 Å². The minimum atomic E-state index is -0.112. The van der Waals surface area contributed by atoms with Crippen LogP contribution in [0.3, 0.4) is 0 Å². The van der Waals surface area contributed by atoms with Crippen LogP contribution in [-0.4, -0.2) is 47.0 Å². The Morgan fingerprint density at radius 1 is 1.31 bits per heavy atom. The third-order valence-corrected chi connectivity index (χ3v) is 2.88. The molecule has 1 aromatic rings. The average molecular weight is 236 g/mol. The van der Waals surface area contributed by atoms with Gasteiger partial charge in [0.2, 0.25) is 5.78 Å². The van der Waals surface area contributed by atoms with Crippen molar-refractivity contribution in [2.75, 3.05) is 26.3 Å². The monoisotopic (exact) mass is 236 g/mol. The van der Waals surface area contributed by atoms with E-state index in [1.165, 1.54) is 0 Å². The summed E-state index contributed by atoms with van der Waals surface area (Å²) in [4.78, 5) is 18.1. The van der Waals surface area contributed by atoms with Crippen LogP contribution in [0.2, 0.25) is 0 Å². The Bertz CT molecular complexity index is 388. The number of aromatic nitrogens is 1. The molecule has 1 aliphatic heterocycles. The van der Waals surface area contributed by atoms with Crippen LogP contribution in [0.4, 0.5) is 0 Å². The summed E-state index contributed by atoms with van der Waals surface area (Å²) in [5.74, 6) is -0.112. The van der Waals surface area contributed by atoms with Gasteiger partial charge in [0.15, 0.2) is 4.99 Å². The Morgan fingerprint density at radius 3 is 2.56 bits per heavy atom. The predicted octanol–water partition coefficient (Wildman–Crippen LogP) is 0.924. The summed E-state index contributed by atoms with van der Waals surface area (Å²) < 4.78 is 5.21. The van der Waals surface area contributed by atoms with E-state index >= 15 is 0 Å².